The number of piperazine rings is 1. The topological polar surface area (TPSA) is 90.8 Å². The van der Waals surface area contributed by atoms with E-state index in [9.17, 15) is 9.90 Å². The molecule has 2 aromatic rings. The van der Waals surface area contributed by atoms with Crippen LogP contribution in [0.15, 0.2) is 24.5 Å². The quantitative estimate of drug-likeness (QED) is 0.522. The third-order valence-corrected chi connectivity index (χ3v) is 8.47. The third-order valence-electron chi connectivity index (χ3n) is 7.73. The van der Waals surface area contributed by atoms with Gasteiger partial charge in [-0.15, -0.1) is 0 Å². The van der Waals surface area contributed by atoms with Crippen molar-refractivity contribution in [3.05, 3.63) is 51.4 Å². The summed E-state index contributed by atoms with van der Waals surface area (Å²) in [6.45, 7) is 6.64. The molecule has 1 aliphatic carbocycles. The van der Waals surface area contributed by atoms with Gasteiger partial charge in [0, 0.05) is 51.0 Å². The first-order chi connectivity index (χ1) is 17.5. The highest BCUT2D eigenvalue weighted by Gasteiger charge is 2.36. The Morgan fingerprint density at radius 2 is 1.89 bits per heavy atom. The molecule has 2 N–H and O–H groups in total. The lowest BCUT2D eigenvalue weighted by Gasteiger charge is -2.44. The molecule has 194 valence electrons. The maximum absolute atomic E-state index is 12.5. The maximum Gasteiger partial charge on any atom is 0.135 e. The van der Waals surface area contributed by atoms with Gasteiger partial charge in [0.1, 0.15) is 18.4 Å². The molecule has 4 atom stereocenters. The van der Waals surface area contributed by atoms with Gasteiger partial charge in [0.05, 0.1) is 33.9 Å². The summed E-state index contributed by atoms with van der Waals surface area (Å²) in [5.74, 6) is 0.753. The lowest BCUT2D eigenvalue weighted by atomic mass is 9.94. The number of aldehydes is 1. The zero-order valence-corrected chi connectivity index (χ0v) is 22.0. The van der Waals surface area contributed by atoms with Gasteiger partial charge in [0.2, 0.25) is 0 Å². The molecule has 1 aromatic carbocycles. The number of nitrogens with one attached hydrogen (secondary N) is 1. The van der Waals surface area contributed by atoms with Gasteiger partial charge in [0.25, 0.3) is 0 Å². The zero-order chi connectivity index (χ0) is 25.2. The molecule has 0 radical (unpaired) electrons. The Labute approximate surface area is 221 Å². The third kappa shape index (κ3) is 5.26. The number of aliphatic hydroxyl groups excluding tert-OH is 1. The van der Waals surface area contributed by atoms with E-state index in [1.165, 1.54) is 0 Å². The molecule has 2 fully saturated rings. The summed E-state index contributed by atoms with van der Waals surface area (Å²) >= 11 is 12.5. The Balaban J connectivity index is 1.36. The van der Waals surface area contributed by atoms with Crippen LogP contribution < -0.4 is 10.2 Å². The summed E-state index contributed by atoms with van der Waals surface area (Å²) < 4.78 is 5.55. The van der Waals surface area contributed by atoms with Crippen LogP contribution in [0.5, 0.6) is 0 Å². The molecule has 0 saturated carbocycles. The van der Waals surface area contributed by atoms with Gasteiger partial charge in [-0.25, -0.2) is 9.97 Å². The number of fused-ring (bicyclic) bond motifs is 1. The lowest BCUT2D eigenvalue weighted by Crippen LogP contribution is -2.59. The predicted octanol–water partition coefficient (Wildman–Crippen LogP) is 3.52. The van der Waals surface area contributed by atoms with Crippen LogP contribution in [-0.2, 0) is 9.53 Å². The fourth-order valence-corrected chi connectivity index (χ4v) is 6.07. The monoisotopic (exact) mass is 533 g/mol. The van der Waals surface area contributed by atoms with Gasteiger partial charge < -0.3 is 19.5 Å². The molecule has 2 saturated heterocycles. The van der Waals surface area contributed by atoms with Crippen LogP contribution >= 0.6 is 23.2 Å². The Morgan fingerprint density at radius 1 is 1.14 bits per heavy atom. The van der Waals surface area contributed by atoms with Gasteiger partial charge in [-0.05, 0) is 42.9 Å². The van der Waals surface area contributed by atoms with E-state index in [1.807, 2.05) is 6.07 Å². The Kier molecular flexibility index (Phi) is 8.10. The number of benzene rings is 1. The van der Waals surface area contributed by atoms with Gasteiger partial charge in [0.15, 0.2) is 0 Å². The smallest absolute Gasteiger partial charge is 0.135 e. The number of anilines is 1. The van der Waals surface area contributed by atoms with Crippen LogP contribution in [0.3, 0.4) is 0 Å². The largest absolute Gasteiger partial charge is 0.387 e. The molecule has 2 aliphatic heterocycles. The number of aromatic nitrogens is 2. The van der Waals surface area contributed by atoms with Crippen LogP contribution in [0, 0.1) is 0 Å². The fraction of sp³-hybridized carbons (Fsp3) is 0.577. The second-order valence-electron chi connectivity index (χ2n) is 10.0. The summed E-state index contributed by atoms with van der Waals surface area (Å²) in [7, 11) is 0. The fourth-order valence-electron chi connectivity index (χ4n) is 5.76. The number of carbonyl (C=O) groups is 1. The van der Waals surface area contributed by atoms with Crippen LogP contribution in [0.4, 0.5) is 5.82 Å². The van der Waals surface area contributed by atoms with Crippen molar-refractivity contribution in [2.45, 2.75) is 56.3 Å². The molecule has 36 heavy (non-hydrogen) atoms. The van der Waals surface area contributed by atoms with Crippen LogP contribution in [-0.4, -0.2) is 77.9 Å². The van der Waals surface area contributed by atoms with Crippen molar-refractivity contribution in [1.29, 1.82) is 0 Å². The Hall–Kier alpha value is -1.81. The minimum atomic E-state index is -0.523. The van der Waals surface area contributed by atoms with Crippen molar-refractivity contribution in [1.82, 2.24) is 20.2 Å². The van der Waals surface area contributed by atoms with Crippen molar-refractivity contribution >= 4 is 35.3 Å². The maximum atomic E-state index is 12.5. The molecular weight excluding hydrogens is 501 g/mol. The zero-order valence-electron chi connectivity index (χ0n) is 20.4. The highest BCUT2D eigenvalue weighted by atomic mass is 35.5. The van der Waals surface area contributed by atoms with E-state index in [0.717, 1.165) is 81.2 Å². The van der Waals surface area contributed by atoms with Crippen molar-refractivity contribution in [2.75, 3.05) is 44.3 Å². The van der Waals surface area contributed by atoms with Crippen molar-refractivity contribution in [3.63, 3.8) is 0 Å². The van der Waals surface area contributed by atoms with Crippen molar-refractivity contribution < 1.29 is 14.6 Å². The molecule has 5 rings (SSSR count). The Bertz CT molecular complexity index is 1080. The van der Waals surface area contributed by atoms with Crippen LogP contribution in [0.25, 0.3) is 0 Å². The van der Waals surface area contributed by atoms with E-state index in [1.54, 1.807) is 18.5 Å². The first-order valence-electron chi connectivity index (χ1n) is 12.7. The minimum absolute atomic E-state index is 0.179. The average molecular weight is 534 g/mol. The van der Waals surface area contributed by atoms with Crippen LogP contribution in [0.2, 0.25) is 10.0 Å². The summed E-state index contributed by atoms with van der Waals surface area (Å²) in [6.07, 6.45) is 4.39. The number of carbonyl (C=O) groups excluding carboxylic acids is 1. The first kappa shape index (κ1) is 25.8. The molecule has 0 amide bonds. The van der Waals surface area contributed by atoms with Gasteiger partial charge in [-0.2, -0.15) is 0 Å². The van der Waals surface area contributed by atoms with Crippen LogP contribution in [0.1, 0.15) is 60.9 Å². The van der Waals surface area contributed by atoms with E-state index >= 15 is 0 Å². The highest BCUT2D eigenvalue weighted by molar-refractivity contribution is 6.42. The number of nitrogens with zero attached hydrogens (tertiary/aromatic N) is 4. The molecule has 0 spiro atoms. The van der Waals surface area contributed by atoms with Crippen molar-refractivity contribution in [2.24, 2.45) is 0 Å². The van der Waals surface area contributed by atoms with Gasteiger partial charge >= 0.3 is 0 Å². The standard InChI is InChI=1S/C26H33Cl2N5O3/c1-16-12-22(35)24-23(16)26(30-15-29-24)33-8-6-32(7-9-33)25(31-18-4-10-36-11-5-18)19(14-34)17-2-3-20(27)21(28)13-17/h2-3,13-16,18-19,22,25,31,35H,4-12H2,1H3/t16-,19?,22+,25?/m1/s1. The summed E-state index contributed by atoms with van der Waals surface area (Å²) in [5, 5.41) is 15.1. The second-order valence-corrected chi connectivity index (χ2v) is 10.8. The molecule has 0 bridgehead atoms. The number of aliphatic hydroxyl groups is 1. The van der Waals surface area contributed by atoms with E-state index in [0.29, 0.717) is 16.5 Å². The molecular formula is C26H33Cl2N5O3. The molecule has 3 aliphatic rings. The first-order valence-corrected chi connectivity index (χ1v) is 13.5. The second kappa shape index (κ2) is 11.3. The number of ether oxygens (including phenoxy) is 1. The minimum Gasteiger partial charge on any atom is -0.387 e. The highest BCUT2D eigenvalue weighted by Crippen LogP contribution is 2.43. The normalized spacial score (nSPS) is 24.9. The Morgan fingerprint density at radius 3 is 2.58 bits per heavy atom. The number of rotatable bonds is 7. The number of halogens is 2. The average Bonchev–Trinajstić information content (AvgIpc) is 3.20. The van der Waals surface area contributed by atoms with Gasteiger partial charge in [-0.3, -0.25) is 10.2 Å². The molecule has 1 aromatic heterocycles. The molecule has 2 unspecified atom stereocenters. The lowest BCUT2D eigenvalue weighted by molar-refractivity contribution is -0.111. The summed E-state index contributed by atoms with van der Waals surface area (Å²) in [4.78, 5) is 26.1. The summed E-state index contributed by atoms with van der Waals surface area (Å²) in [5.41, 5.74) is 2.68. The summed E-state index contributed by atoms with van der Waals surface area (Å²) in [6, 6.07) is 5.72. The molecule has 8 nitrogen and oxygen atoms in total. The van der Waals surface area contributed by atoms with E-state index in [-0.39, 0.29) is 18.1 Å². The van der Waals surface area contributed by atoms with E-state index < -0.39 is 12.0 Å². The SMILES string of the molecule is C[C@@H]1C[C@H](O)c2ncnc(N3CCN(C(NC4CCOCC4)C(C=O)c4ccc(Cl)c(Cl)c4)CC3)c21. The molecule has 10 heteroatoms. The molecule has 3 heterocycles. The number of hydrogen-bond acceptors (Lipinski definition) is 8. The van der Waals surface area contributed by atoms with Gasteiger partial charge in [-0.1, -0.05) is 36.2 Å². The van der Waals surface area contributed by atoms with E-state index in [2.05, 4.69) is 32.0 Å². The predicted molar refractivity (Wildman–Crippen MR) is 140 cm³/mol. The number of hydrogen-bond donors (Lipinski definition) is 2. The van der Waals surface area contributed by atoms with E-state index in [4.69, 9.17) is 27.9 Å². The van der Waals surface area contributed by atoms with Crippen molar-refractivity contribution in [3.8, 4) is 0 Å².